The first-order valence-electron chi connectivity index (χ1n) is 6.66. The molecule has 0 aromatic carbocycles. The molecule has 3 heterocycles. The number of hydrogen-bond donors (Lipinski definition) is 2. The van der Waals surface area contributed by atoms with E-state index < -0.39 is 0 Å². The zero-order valence-electron chi connectivity index (χ0n) is 11.8. The van der Waals surface area contributed by atoms with Crippen molar-refractivity contribution in [2.75, 3.05) is 5.32 Å². The molecule has 0 aliphatic carbocycles. The highest BCUT2D eigenvalue weighted by Gasteiger charge is 2.10. The lowest BCUT2D eigenvalue weighted by atomic mass is 10.2. The number of fused-ring (bicyclic) bond motifs is 1. The Kier molecular flexibility index (Phi) is 3.40. The summed E-state index contributed by atoms with van der Waals surface area (Å²) in [6, 6.07) is 2.18. The van der Waals surface area contributed by atoms with Crippen molar-refractivity contribution >= 4 is 27.4 Å². The van der Waals surface area contributed by atoms with Crippen LogP contribution < -0.4 is 5.32 Å². The Morgan fingerprint density at radius 1 is 1.30 bits per heavy atom. The Morgan fingerprint density at radius 2 is 2.15 bits per heavy atom. The smallest absolute Gasteiger partial charge is 0.138 e. The number of hydrogen-bond acceptors (Lipinski definition) is 5. The normalized spacial score (nSPS) is 11.2. The summed E-state index contributed by atoms with van der Waals surface area (Å²) < 4.78 is 0. The minimum Gasteiger partial charge on any atom is -0.365 e. The van der Waals surface area contributed by atoms with Crippen LogP contribution in [0.4, 0.5) is 5.82 Å². The van der Waals surface area contributed by atoms with Crippen molar-refractivity contribution in [2.24, 2.45) is 0 Å². The van der Waals surface area contributed by atoms with Crippen LogP contribution in [0, 0.1) is 13.8 Å². The Bertz CT molecular complexity index is 724. The third kappa shape index (κ3) is 2.27. The van der Waals surface area contributed by atoms with Crippen LogP contribution in [-0.4, -0.2) is 20.2 Å². The van der Waals surface area contributed by atoms with Crippen LogP contribution in [0.2, 0.25) is 0 Å². The van der Waals surface area contributed by atoms with Crippen LogP contribution in [0.15, 0.2) is 12.4 Å². The van der Waals surface area contributed by atoms with Gasteiger partial charge in [0, 0.05) is 22.7 Å². The number of anilines is 1. The van der Waals surface area contributed by atoms with Crippen molar-refractivity contribution in [2.45, 2.75) is 33.7 Å². The fourth-order valence-electron chi connectivity index (χ4n) is 2.23. The molecule has 0 unspecified atom stereocenters. The molecule has 0 aliphatic rings. The van der Waals surface area contributed by atoms with E-state index in [4.69, 9.17) is 0 Å². The lowest BCUT2D eigenvalue weighted by Gasteiger charge is -2.06. The van der Waals surface area contributed by atoms with E-state index in [1.165, 1.54) is 10.4 Å². The van der Waals surface area contributed by atoms with Crippen molar-refractivity contribution in [1.82, 2.24) is 20.2 Å². The molecule has 0 radical (unpaired) electrons. The van der Waals surface area contributed by atoms with Gasteiger partial charge in [0.1, 0.15) is 17.0 Å². The van der Waals surface area contributed by atoms with E-state index >= 15 is 0 Å². The van der Waals surface area contributed by atoms with Crippen LogP contribution in [0.3, 0.4) is 0 Å². The van der Waals surface area contributed by atoms with Crippen LogP contribution in [-0.2, 0) is 13.0 Å². The van der Waals surface area contributed by atoms with Gasteiger partial charge in [0.15, 0.2) is 0 Å². The van der Waals surface area contributed by atoms with Gasteiger partial charge in [0.2, 0.25) is 0 Å². The summed E-state index contributed by atoms with van der Waals surface area (Å²) in [5, 5.41) is 11.7. The molecule has 0 amide bonds. The number of nitrogens with one attached hydrogen (secondary N) is 2. The van der Waals surface area contributed by atoms with Crippen LogP contribution in [0.5, 0.6) is 0 Å². The van der Waals surface area contributed by atoms with E-state index in [1.54, 1.807) is 17.7 Å². The summed E-state index contributed by atoms with van der Waals surface area (Å²) in [5.74, 6) is 0.894. The number of aryl methyl sites for hydroxylation is 3. The van der Waals surface area contributed by atoms with Crippen molar-refractivity contribution in [1.29, 1.82) is 0 Å². The highest BCUT2D eigenvalue weighted by molar-refractivity contribution is 7.18. The molecule has 0 spiro atoms. The Labute approximate surface area is 121 Å². The van der Waals surface area contributed by atoms with Gasteiger partial charge >= 0.3 is 0 Å². The van der Waals surface area contributed by atoms with E-state index in [0.29, 0.717) is 0 Å². The average Bonchev–Trinajstić information content (AvgIpc) is 3.01. The molecule has 0 fully saturated rings. The fraction of sp³-hybridized carbons (Fsp3) is 0.357. The molecule has 2 N–H and O–H groups in total. The summed E-state index contributed by atoms with van der Waals surface area (Å²) in [7, 11) is 0. The van der Waals surface area contributed by atoms with Crippen LogP contribution in [0.1, 0.15) is 28.8 Å². The monoisotopic (exact) mass is 287 g/mol. The molecule has 0 saturated heterocycles. The maximum absolute atomic E-state index is 4.37. The molecule has 104 valence electrons. The molecule has 0 aliphatic heterocycles. The van der Waals surface area contributed by atoms with E-state index in [1.807, 2.05) is 13.8 Å². The third-order valence-corrected chi connectivity index (χ3v) is 4.63. The molecule has 0 bridgehead atoms. The second-order valence-corrected chi connectivity index (χ2v) is 5.89. The van der Waals surface area contributed by atoms with Crippen LogP contribution >= 0.6 is 11.3 Å². The summed E-state index contributed by atoms with van der Waals surface area (Å²) in [6.45, 7) is 6.92. The largest absolute Gasteiger partial charge is 0.365 e. The van der Waals surface area contributed by atoms with Gasteiger partial charge in [0.25, 0.3) is 0 Å². The summed E-state index contributed by atoms with van der Waals surface area (Å²) in [5.41, 5.74) is 3.32. The van der Waals surface area contributed by atoms with Gasteiger partial charge in [-0.15, -0.1) is 11.3 Å². The number of thiophene rings is 1. The Hall–Kier alpha value is -1.95. The van der Waals surface area contributed by atoms with Gasteiger partial charge in [-0.1, -0.05) is 6.92 Å². The molecule has 3 aromatic rings. The summed E-state index contributed by atoms with van der Waals surface area (Å²) in [6.07, 6.45) is 2.65. The standard InChI is InChI=1S/C14H17N5S/c1-4-10-5-11-13(16-7-17-14(11)20-10)15-6-12-8(2)18-19-9(12)3/h5,7H,4,6H2,1-3H3,(H,18,19)(H,15,16,17). The topological polar surface area (TPSA) is 66.5 Å². The van der Waals surface area contributed by atoms with Gasteiger partial charge in [0.05, 0.1) is 11.1 Å². The minimum absolute atomic E-state index is 0.720. The maximum atomic E-state index is 4.37. The van der Waals surface area contributed by atoms with Gasteiger partial charge in [-0.05, 0) is 26.3 Å². The van der Waals surface area contributed by atoms with Crippen molar-refractivity contribution in [3.8, 4) is 0 Å². The summed E-state index contributed by atoms with van der Waals surface area (Å²) >= 11 is 1.73. The van der Waals surface area contributed by atoms with Crippen LogP contribution in [0.25, 0.3) is 10.2 Å². The first-order valence-corrected chi connectivity index (χ1v) is 7.48. The van der Waals surface area contributed by atoms with Crippen molar-refractivity contribution < 1.29 is 0 Å². The zero-order chi connectivity index (χ0) is 14.1. The SMILES string of the molecule is CCc1cc2c(NCc3c(C)n[nH]c3C)ncnc2s1. The number of aromatic nitrogens is 4. The number of aromatic amines is 1. The van der Waals surface area contributed by atoms with E-state index in [9.17, 15) is 0 Å². The van der Waals surface area contributed by atoms with E-state index in [0.717, 1.165) is 40.4 Å². The predicted octanol–water partition coefficient (Wildman–Crippen LogP) is 3.21. The first-order chi connectivity index (χ1) is 9.69. The lowest BCUT2D eigenvalue weighted by molar-refractivity contribution is 1.02. The van der Waals surface area contributed by atoms with Crippen molar-refractivity contribution in [3.63, 3.8) is 0 Å². The van der Waals surface area contributed by atoms with E-state index in [2.05, 4.69) is 38.5 Å². The number of nitrogens with zero attached hydrogens (tertiary/aromatic N) is 3. The zero-order valence-corrected chi connectivity index (χ0v) is 12.6. The highest BCUT2D eigenvalue weighted by Crippen LogP contribution is 2.28. The third-order valence-electron chi connectivity index (χ3n) is 3.44. The number of rotatable bonds is 4. The van der Waals surface area contributed by atoms with Gasteiger partial charge in [-0.2, -0.15) is 5.10 Å². The average molecular weight is 287 g/mol. The lowest BCUT2D eigenvalue weighted by Crippen LogP contribution is -2.03. The Balaban J connectivity index is 1.89. The molecule has 0 atom stereocenters. The van der Waals surface area contributed by atoms with E-state index in [-0.39, 0.29) is 0 Å². The molecule has 20 heavy (non-hydrogen) atoms. The molecule has 3 aromatic heterocycles. The number of H-pyrrole nitrogens is 1. The quantitative estimate of drug-likeness (QED) is 0.773. The second-order valence-electron chi connectivity index (χ2n) is 4.77. The molecular weight excluding hydrogens is 270 g/mol. The highest BCUT2D eigenvalue weighted by atomic mass is 32.1. The molecule has 6 heteroatoms. The Morgan fingerprint density at radius 3 is 2.85 bits per heavy atom. The van der Waals surface area contributed by atoms with Gasteiger partial charge < -0.3 is 5.32 Å². The predicted molar refractivity (Wildman–Crippen MR) is 82.2 cm³/mol. The molecule has 5 nitrogen and oxygen atoms in total. The fourth-order valence-corrected chi connectivity index (χ4v) is 3.16. The summed E-state index contributed by atoms with van der Waals surface area (Å²) in [4.78, 5) is 11.1. The molecular formula is C14H17N5S. The van der Waals surface area contributed by atoms with Gasteiger partial charge in [-0.25, -0.2) is 9.97 Å². The molecule has 3 rings (SSSR count). The molecule has 0 saturated carbocycles. The minimum atomic E-state index is 0.720. The van der Waals surface area contributed by atoms with Crippen molar-refractivity contribution in [3.05, 3.63) is 34.2 Å². The van der Waals surface area contributed by atoms with Gasteiger partial charge in [-0.3, -0.25) is 5.10 Å². The second kappa shape index (κ2) is 5.20. The first kappa shape index (κ1) is 13.1. The maximum Gasteiger partial charge on any atom is 0.138 e.